The monoisotopic (exact) mass is 609 g/mol. The summed E-state index contributed by atoms with van der Waals surface area (Å²) in [5.74, 6) is 6.11. The molecule has 4 aliphatic rings. The Morgan fingerprint density at radius 3 is 2.67 bits per heavy atom. The first-order chi connectivity index (χ1) is 20.8. The Labute approximate surface area is 261 Å². The molecule has 9 atom stereocenters. The maximum absolute atomic E-state index is 12.6. The molecule has 0 aliphatic heterocycles. The van der Waals surface area contributed by atoms with Crippen molar-refractivity contribution in [3.63, 3.8) is 0 Å². The molecule has 43 heavy (non-hydrogen) atoms. The highest BCUT2D eigenvalue weighted by Gasteiger charge is 2.61. The van der Waals surface area contributed by atoms with Crippen LogP contribution in [0.15, 0.2) is 39.9 Å². The number of aromatic nitrogens is 1. The molecule has 236 valence electrons. The zero-order valence-corrected chi connectivity index (χ0v) is 27.3. The molecule has 4 saturated carbocycles. The second-order valence-corrected chi connectivity index (χ2v) is 15.3. The van der Waals surface area contributed by atoms with E-state index < -0.39 is 0 Å². The van der Waals surface area contributed by atoms with Crippen LogP contribution in [0.2, 0.25) is 0 Å². The highest BCUT2D eigenvalue weighted by atomic mass is 32.2. The Hall–Kier alpha value is -2.19. The standard InChI is InChI=1S/C35H51N3O4S/c1-5-22-19-26-27-10-9-24(34(27,2)16-13-28(26)35(3)15-12-25(39)21-29(22)35)7-6-17-36-33(40)38-43-32-11-8-23(20-31(32)41-4)30-14-18-37-42-30/h8,11,14,18,20,22,24-29,39H,5-7,9-10,12-13,15-17,19,21H2,1-4H3,(H2,36,38,40)/t22-,24-,25+,26?,27?,28-,29?,34?,35?/m0/s1. The topological polar surface area (TPSA) is 96.6 Å². The van der Waals surface area contributed by atoms with E-state index in [1.807, 2.05) is 18.2 Å². The van der Waals surface area contributed by atoms with Gasteiger partial charge in [-0.1, -0.05) is 32.3 Å². The van der Waals surface area contributed by atoms with Gasteiger partial charge in [0.2, 0.25) is 0 Å². The maximum atomic E-state index is 12.6. The van der Waals surface area contributed by atoms with Gasteiger partial charge in [-0.3, -0.25) is 4.72 Å². The number of nitrogens with zero attached hydrogens (tertiary/aromatic N) is 1. The van der Waals surface area contributed by atoms with E-state index in [9.17, 15) is 9.90 Å². The SMILES string of the molecule is CC[C@H]1CC2C3CC[C@H](CCCNC(=O)NSc4ccc(-c5ccno5)cc4OC)C3(C)CC[C@@H]2C2(C)CC[C@@H](O)CC12. The van der Waals surface area contributed by atoms with Crippen LogP contribution in [0.3, 0.4) is 0 Å². The molecule has 7 nitrogen and oxygen atoms in total. The van der Waals surface area contributed by atoms with E-state index in [0.717, 1.165) is 59.3 Å². The summed E-state index contributed by atoms with van der Waals surface area (Å²) in [6, 6.07) is 7.37. The molecule has 1 heterocycles. The third kappa shape index (κ3) is 5.83. The lowest BCUT2D eigenvalue weighted by Crippen LogP contribution is -2.56. The minimum absolute atomic E-state index is 0.0807. The zero-order chi connectivity index (χ0) is 30.2. The summed E-state index contributed by atoms with van der Waals surface area (Å²) in [7, 11) is 1.62. The van der Waals surface area contributed by atoms with Crippen LogP contribution in [0.5, 0.6) is 5.75 Å². The number of hydrogen-bond acceptors (Lipinski definition) is 6. The molecule has 4 fully saturated rings. The van der Waals surface area contributed by atoms with Crippen molar-refractivity contribution >= 4 is 18.0 Å². The first kappa shape index (κ1) is 30.8. The van der Waals surface area contributed by atoms with Crippen LogP contribution in [0.1, 0.15) is 91.4 Å². The number of benzene rings is 1. The molecule has 0 radical (unpaired) electrons. The van der Waals surface area contributed by atoms with Crippen LogP contribution in [0, 0.1) is 46.3 Å². The summed E-state index contributed by atoms with van der Waals surface area (Å²) in [5.41, 5.74) is 1.73. The molecule has 0 saturated heterocycles. The van der Waals surface area contributed by atoms with Crippen molar-refractivity contribution in [2.45, 2.75) is 102 Å². The number of carbonyl (C=O) groups excluding carboxylic acids is 1. The Bertz CT molecular complexity index is 1260. The molecule has 6 rings (SSSR count). The second-order valence-electron chi connectivity index (χ2n) is 14.5. The molecule has 1 aromatic heterocycles. The number of rotatable bonds is 9. The smallest absolute Gasteiger partial charge is 0.325 e. The summed E-state index contributed by atoms with van der Waals surface area (Å²) < 4.78 is 13.7. The molecule has 2 amide bonds. The van der Waals surface area contributed by atoms with E-state index in [4.69, 9.17) is 9.26 Å². The van der Waals surface area contributed by atoms with Crippen LogP contribution in [0.4, 0.5) is 4.79 Å². The van der Waals surface area contributed by atoms with E-state index >= 15 is 0 Å². The lowest BCUT2D eigenvalue weighted by Gasteiger charge is -2.63. The first-order valence-corrected chi connectivity index (χ1v) is 17.6. The van der Waals surface area contributed by atoms with E-state index in [2.05, 4.69) is 36.0 Å². The predicted octanol–water partition coefficient (Wildman–Crippen LogP) is 8.09. The van der Waals surface area contributed by atoms with Gasteiger partial charge in [-0.25, -0.2) is 4.79 Å². The highest BCUT2D eigenvalue weighted by Crippen LogP contribution is 2.69. The lowest BCUT2D eigenvalue weighted by molar-refractivity contribution is -0.150. The van der Waals surface area contributed by atoms with E-state index in [1.165, 1.54) is 63.3 Å². The van der Waals surface area contributed by atoms with E-state index in [0.29, 0.717) is 34.8 Å². The van der Waals surface area contributed by atoms with Gasteiger partial charge in [0.15, 0.2) is 5.76 Å². The highest BCUT2D eigenvalue weighted by molar-refractivity contribution is 7.98. The summed E-state index contributed by atoms with van der Waals surface area (Å²) in [4.78, 5) is 13.4. The average Bonchev–Trinajstić information content (AvgIpc) is 3.66. The lowest BCUT2D eigenvalue weighted by atomic mass is 9.42. The molecule has 0 bridgehead atoms. The quantitative estimate of drug-likeness (QED) is 0.196. The predicted molar refractivity (Wildman–Crippen MR) is 171 cm³/mol. The summed E-state index contributed by atoms with van der Waals surface area (Å²) in [5, 5.41) is 17.4. The van der Waals surface area contributed by atoms with Gasteiger partial charge in [-0.05, 0) is 141 Å². The van der Waals surface area contributed by atoms with Gasteiger partial charge in [0.25, 0.3) is 0 Å². The van der Waals surface area contributed by atoms with Crippen molar-refractivity contribution in [1.82, 2.24) is 15.2 Å². The molecule has 2 aromatic rings. The number of amides is 2. The Balaban J connectivity index is 0.990. The maximum Gasteiger partial charge on any atom is 0.325 e. The van der Waals surface area contributed by atoms with E-state index in [-0.39, 0.29) is 12.1 Å². The molecule has 3 N–H and O–H groups in total. The summed E-state index contributed by atoms with van der Waals surface area (Å²) in [6.07, 6.45) is 15.1. The fourth-order valence-corrected chi connectivity index (χ4v) is 11.1. The third-order valence-corrected chi connectivity index (χ3v) is 13.5. The largest absolute Gasteiger partial charge is 0.495 e. The molecular weight excluding hydrogens is 558 g/mol. The molecule has 0 spiro atoms. The summed E-state index contributed by atoms with van der Waals surface area (Å²) >= 11 is 1.26. The van der Waals surface area contributed by atoms with Gasteiger partial charge in [-0.15, -0.1) is 0 Å². The Morgan fingerprint density at radius 1 is 1.09 bits per heavy atom. The average molecular weight is 610 g/mol. The minimum Gasteiger partial charge on any atom is -0.495 e. The van der Waals surface area contributed by atoms with Crippen LogP contribution < -0.4 is 14.8 Å². The van der Waals surface area contributed by atoms with Crippen LogP contribution >= 0.6 is 11.9 Å². The number of fused-ring (bicyclic) bond motifs is 5. The number of aliphatic hydroxyl groups excluding tert-OH is 1. The Kier molecular flexibility index (Phi) is 9.08. The number of urea groups is 1. The third-order valence-electron chi connectivity index (χ3n) is 12.7. The van der Waals surface area contributed by atoms with E-state index in [1.54, 1.807) is 19.4 Å². The van der Waals surface area contributed by atoms with Crippen LogP contribution in [-0.2, 0) is 0 Å². The summed E-state index contributed by atoms with van der Waals surface area (Å²) in [6.45, 7) is 8.30. The van der Waals surface area contributed by atoms with Crippen molar-refractivity contribution in [3.8, 4) is 17.1 Å². The number of hydrogen-bond donors (Lipinski definition) is 3. The number of methoxy groups -OCH3 is 1. The fraction of sp³-hybridized carbons (Fsp3) is 0.714. The molecule has 5 unspecified atom stereocenters. The fourth-order valence-electron chi connectivity index (χ4n) is 10.5. The molecular formula is C35H51N3O4S. The molecule has 4 aliphatic carbocycles. The van der Waals surface area contributed by atoms with Gasteiger partial charge in [-0.2, -0.15) is 0 Å². The van der Waals surface area contributed by atoms with Crippen LogP contribution in [-0.4, -0.2) is 36.1 Å². The van der Waals surface area contributed by atoms with Crippen molar-refractivity contribution in [3.05, 3.63) is 30.5 Å². The van der Waals surface area contributed by atoms with Gasteiger partial charge >= 0.3 is 6.03 Å². The first-order valence-electron chi connectivity index (χ1n) is 16.7. The number of carbonyl (C=O) groups is 1. The minimum atomic E-state index is -0.171. The number of aliphatic hydroxyl groups is 1. The molecule has 1 aromatic carbocycles. The zero-order valence-electron chi connectivity index (χ0n) is 26.4. The molecule has 8 heteroatoms. The van der Waals surface area contributed by atoms with Crippen molar-refractivity contribution in [1.29, 1.82) is 0 Å². The van der Waals surface area contributed by atoms with Crippen LogP contribution in [0.25, 0.3) is 11.3 Å². The Morgan fingerprint density at radius 2 is 1.91 bits per heavy atom. The van der Waals surface area contributed by atoms with Crippen molar-refractivity contribution in [2.75, 3.05) is 13.7 Å². The number of nitrogens with one attached hydrogen (secondary N) is 2. The normalized spacial score (nSPS) is 36.7. The van der Waals surface area contributed by atoms with Gasteiger partial charge in [0.05, 0.1) is 24.3 Å². The van der Waals surface area contributed by atoms with Crippen molar-refractivity contribution < 1.29 is 19.2 Å². The van der Waals surface area contributed by atoms with Gasteiger partial charge in [0, 0.05) is 18.2 Å². The second kappa shape index (κ2) is 12.7. The van der Waals surface area contributed by atoms with Crippen molar-refractivity contribution in [2.24, 2.45) is 46.3 Å². The number of ether oxygens (including phenoxy) is 1. The van der Waals surface area contributed by atoms with Gasteiger partial charge < -0.3 is 19.7 Å². The van der Waals surface area contributed by atoms with Gasteiger partial charge in [0.1, 0.15) is 5.75 Å².